The summed E-state index contributed by atoms with van der Waals surface area (Å²) in [6, 6.07) is 8.61. The number of pyridine rings is 1. The van der Waals surface area contributed by atoms with Crippen LogP contribution < -0.4 is 0 Å². The van der Waals surface area contributed by atoms with Gasteiger partial charge in [0.15, 0.2) is 11.9 Å². The molecule has 0 saturated carbocycles. The van der Waals surface area contributed by atoms with Gasteiger partial charge in [-0.05, 0) is 58.5 Å². The molecule has 4 aliphatic heterocycles. The number of ketones is 1. The lowest BCUT2D eigenvalue weighted by atomic mass is 9.73. The quantitative estimate of drug-likeness (QED) is 0.264. The Hall–Kier alpha value is -3.89. The van der Waals surface area contributed by atoms with E-state index >= 15 is 8.78 Å². The van der Waals surface area contributed by atoms with Gasteiger partial charge in [0.25, 0.3) is 0 Å². The van der Waals surface area contributed by atoms with Crippen molar-refractivity contribution in [2.45, 2.75) is 122 Å². The first kappa shape index (κ1) is 43.7. The van der Waals surface area contributed by atoms with Gasteiger partial charge in [-0.1, -0.05) is 65.0 Å². The molecule has 3 saturated heterocycles. The van der Waals surface area contributed by atoms with Gasteiger partial charge >= 0.3 is 18.0 Å². The Morgan fingerprint density at radius 3 is 2.48 bits per heavy atom. The number of esters is 1. The summed E-state index contributed by atoms with van der Waals surface area (Å²) in [5.74, 6) is -11.9. The van der Waals surface area contributed by atoms with Crippen LogP contribution in [0.25, 0.3) is 17.0 Å². The second kappa shape index (κ2) is 17.4. The van der Waals surface area contributed by atoms with E-state index in [2.05, 4.69) is 4.98 Å². The smallest absolute Gasteiger partial charge is 0.410 e. The number of halogens is 2. The highest BCUT2D eigenvalue weighted by atomic mass is 19.3. The number of carbonyl (C=O) groups excluding carboxylic acids is 3. The molecule has 15 heteroatoms. The Morgan fingerprint density at radius 1 is 1.05 bits per heavy atom. The number of carbonyl (C=O) groups is 3. The van der Waals surface area contributed by atoms with Gasteiger partial charge in [0, 0.05) is 53.6 Å². The molecule has 1 unspecified atom stereocenters. The molecule has 3 fully saturated rings. The molecular formula is C43H58F2N4O9. The molecule has 1 aromatic heterocycles. The number of benzene rings is 1. The lowest BCUT2D eigenvalue weighted by molar-refractivity contribution is -0.282. The van der Waals surface area contributed by atoms with E-state index in [1.165, 1.54) is 11.8 Å². The number of alkyl halides is 2. The van der Waals surface area contributed by atoms with Gasteiger partial charge in [0.1, 0.15) is 12.2 Å². The van der Waals surface area contributed by atoms with Gasteiger partial charge in [-0.25, -0.2) is 9.59 Å². The number of rotatable bonds is 8. The van der Waals surface area contributed by atoms with Crippen molar-refractivity contribution >= 4 is 40.5 Å². The SMILES string of the molecule is CC[C@@H]1OC(=O)C(F)(F)C(=O)[C@H](C)[C@@H](O[C@@H]2O[C@H](C)C[C@H](N(C)C)[C@H]2O)[C@H](C)[C@@H](OC/C=C/c2cnc3ccccc3c2)[C@@H](C)C2=NCCN3C(=O)O[C@@]1(C)C3[C@@H]2C. The summed E-state index contributed by atoms with van der Waals surface area (Å²) in [6.45, 7) is 12.4. The van der Waals surface area contributed by atoms with Crippen LogP contribution in [0.2, 0.25) is 0 Å². The first-order valence-corrected chi connectivity index (χ1v) is 20.4. The number of amides is 1. The van der Waals surface area contributed by atoms with Crippen molar-refractivity contribution in [1.29, 1.82) is 0 Å². The van der Waals surface area contributed by atoms with Crippen LogP contribution in [0.1, 0.15) is 66.9 Å². The molecule has 13 atom stereocenters. The van der Waals surface area contributed by atoms with E-state index < -0.39 is 95.8 Å². The average molecular weight is 813 g/mol. The Labute approximate surface area is 339 Å². The van der Waals surface area contributed by atoms with Gasteiger partial charge in [0.05, 0.1) is 43.0 Å². The fourth-order valence-corrected chi connectivity index (χ4v) is 9.62. The van der Waals surface area contributed by atoms with Gasteiger partial charge < -0.3 is 33.7 Å². The van der Waals surface area contributed by atoms with E-state index in [4.69, 9.17) is 28.7 Å². The number of fused-ring (bicyclic) bond motifs is 2. The highest BCUT2D eigenvalue weighted by Gasteiger charge is 2.62. The normalized spacial score (nSPS) is 37.4. The minimum Gasteiger partial charge on any atom is -0.453 e. The largest absolute Gasteiger partial charge is 0.453 e. The van der Waals surface area contributed by atoms with Gasteiger partial charge in [-0.15, -0.1) is 0 Å². The maximum atomic E-state index is 16.3. The molecule has 2 aromatic rings. The van der Waals surface area contributed by atoms with Gasteiger partial charge in [-0.3, -0.25) is 19.7 Å². The molecule has 58 heavy (non-hydrogen) atoms. The predicted molar refractivity (Wildman–Crippen MR) is 212 cm³/mol. The number of aliphatic imine (C=N–C) groups is 1. The first-order chi connectivity index (χ1) is 27.4. The topological polar surface area (TPSA) is 149 Å². The van der Waals surface area contributed by atoms with Crippen molar-refractivity contribution < 1.29 is 52.0 Å². The van der Waals surface area contributed by atoms with Crippen molar-refractivity contribution in [1.82, 2.24) is 14.8 Å². The second-order valence-electron chi connectivity index (χ2n) is 16.8. The fraction of sp³-hybridized carbons (Fsp3) is 0.651. The number of hydrogen-bond donors (Lipinski definition) is 1. The number of Topliss-reactive ketones (excluding diaryl/α,β-unsaturated/α-hetero) is 1. The van der Waals surface area contributed by atoms with Crippen LogP contribution in [-0.4, -0.2) is 138 Å². The third kappa shape index (κ3) is 8.29. The molecular weight excluding hydrogens is 754 g/mol. The first-order valence-electron chi connectivity index (χ1n) is 20.4. The summed E-state index contributed by atoms with van der Waals surface area (Å²) in [4.78, 5) is 53.9. The van der Waals surface area contributed by atoms with Crippen molar-refractivity contribution in [3.05, 3.63) is 48.2 Å². The molecule has 318 valence electrons. The minimum absolute atomic E-state index is 0.0180. The van der Waals surface area contributed by atoms with Crippen LogP contribution in [0.4, 0.5) is 13.6 Å². The molecule has 1 amide bonds. The number of likely N-dealkylation sites (N-methyl/N-ethyl adjacent to an activating group) is 1. The highest BCUT2D eigenvalue weighted by molar-refractivity contribution is 6.06. The summed E-state index contributed by atoms with van der Waals surface area (Å²) in [7, 11) is 3.62. The fourth-order valence-electron chi connectivity index (χ4n) is 9.62. The van der Waals surface area contributed by atoms with Crippen molar-refractivity contribution in [3.63, 3.8) is 0 Å². The molecule has 2 bridgehead atoms. The average Bonchev–Trinajstić information content (AvgIpc) is 3.31. The molecule has 0 radical (unpaired) electrons. The number of aliphatic hydroxyl groups excluding tert-OH is 1. The number of aromatic nitrogens is 1. The third-order valence-corrected chi connectivity index (χ3v) is 12.6. The number of hydrogen-bond acceptors (Lipinski definition) is 12. The van der Waals surface area contributed by atoms with E-state index in [0.29, 0.717) is 12.1 Å². The zero-order valence-electron chi connectivity index (χ0n) is 34.8. The number of nitrogens with zero attached hydrogens (tertiary/aromatic N) is 4. The second-order valence-corrected chi connectivity index (χ2v) is 16.8. The zero-order valence-corrected chi connectivity index (χ0v) is 34.8. The Morgan fingerprint density at radius 2 is 1.78 bits per heavy atom. The molecule has 0 spiro atoms. The Kier molecular flexibility index (Phi) is 13.1. The van der Waals surface area contributed by atoms with Crippen LogP contribution in [0.15, 0.2) is 47.6 Å². The number of aliphatic hydroxyl groups is 1. The Bertz CT molecular complexity index is 1890. The van der Waals surface area contributed by atoms with Crippen LogP contribution in [-0.2, 0) is 33.3 Å². The zero-order chi connectivity index (χ0) is 42.3. The number of ether oxygens (including phenoxy) is 5. The Balaban J connectivity index is 1.43. The van der Waals surface area contributed by atoms with E-state index in [9.17, 15) is 19.5 Å². The van der Waals surface area contributed by atoms with Crippen molar-refractivity contribution in [2.24, 2.45) is 28.7 Å². The predicted octanol–water partition coefficient (Wildman–Crippen LogP) is 5.56. The summed E-state index contributed by atoms with van der Waals surface area (Å²) in [5.41, 5.74) is 0.833. The number of para-hydroxylation sites is 1. The monoisotopic (exact) mass is 812 g/mol. The van der Waals surface area contributed by atoms with Crippen molar-refractivity contribution in [3.8, 4) is 0 Å². The summed E-state index contributed by atoms with van der Waals surface area (Å²) in [6.07, 6.45) is -1.10. The molecule has 13 nitrogen and oxygen atoms in total. The van der Waals surface area contributed by atoms with E-state index in [1.807, 2.05) is 82.3 Å². The van der Waals surface area contributed by atoms with Crippen LogP contribution >= 0.6 is 0 Å². The molecule has 4 aliphatic rings. The minimum atomic E-state index is -4.61. The summed E-state index contributed by atoms with van der Waals surface area (Å²) >= 11 is 0. The summed E-state index contributed by atoms with van der Waals surface area (Å²) < 4.78 is 63.3. The molecule has 6 rings (SSSR count). The van der Waals surface area contributed by atoms with E-state index in [0.717, 1.165) is 16.5 Å². The van der Waals surface area contributed by atoms with Crippen LogP contribution in [0.5, 0.6) is 0 Å². The van der Waals surface area contributed by atoms with Crippen LogP contribution in [0.3, 0.4) is 0 Å². The maximum absolute atomic E-state index is 16.3. The highest BCUT2D eigenvalue weighted by Crippen LogP contribution is 2.44. The van der Waals surface area contributed by atoms with Crippen molar-refractivity contribution in [2.75, 3.05) is 33.8 Å². The standard InChI is InChI=1S/C43H58F2N4O9/c1-10-32-42(7)37-25(4)33(46-17-18-49(37)41(53)58-42)24(3)35(54-19-13-14-28-21-29-15-11-12-16-30(29)47-22-28)26(5)36(27(6)38(51)43(44,45)40(52)56-32)57-39-34(50)31(48(8)9)20-23(2)55-39/h11-16,21-27,31-32,34-37,39,50H,10,17-20H2,1-9H3/b14-13+/t23-,24+,25-,26-,27-,31+,32+,34-,35+,36+,37?,39+,42-/m1/s1. The third-order valence-electron chi connectivity index (χ3n) is 12.6. The lowest BCUT2D eigenvalue weighted by Crippen LogP contribution is -2.60. The molecule has 5 heterocycles. The molecule has 1 aromatic carbocycles. The number of cyclic esters (lactones) is 1. The van der Waals surface area contributed by atoms with E-state index in [-0.39, 0.29) is 32.2 Å². The molecule has 1 N–H and O–H groups in total. The van der Waals surface area contributed by atoms with Crippen LogP contribution in [0, 0.1) is 23.7 Å². The van der Waals surface area contributed by atoms with Gasteiger partial charge in [-0.2, -0.15) is 8.78 Å². The maximum Gasteiger partial charge on any atom is 0.410 e. The van der Waals surface area contributed by atoms with E-state index in [1.54, 1.807) is 27.0 Å². The summed E-state index contributed by atoms with van der Waals surface area (Å²) in [5, 5.41) is 12.5. The molecule has 0 aliphatic carbocycles. The van der Waals surface area contributed by atoms with Gasteiger partial charge in [0.2, 0.25) is 5.78 Å². The lowest BCUT2D eigenvalue weighted by Gasteiger charge is -2.45.